The molecule has 0 rings (SSSR count). The van der Waals surface area contributed by atoms with Gasteiger partial charge in [-0.1, -0.05) is 155 Å². The van der Waals surface area contributed by atoms with E-state index < -0.39 is 6.10 Å². The molecule has 0 bridgehead atoms. The smallest absolute Gasteiger partial charge is 0.306 e. The van der Waals surface area contributed by atoms with Crippen molar-refractivity contribution in [1.82, 2.24) is 0 Å². The molecule has 0 aliphatic carbocycles. The first-order chi connectivity index (χ1) is 25.6. The highest BCUT2D eigenvalue weighted by molar-refractivity contribution is 5.70. The molecule has 0 aliphatic heterocycles. The number of esters is 2. The van der Waals surface area contributed by atoms with Gasteiger partial charge in [-0.15, -0.1) is 0 Å². The van der Waals surface area contributed by atoms with Gasteiger partial charge in [0.2, 0.25) is 0 Å². The van der Waals surface area contributed by atoms with Crippen LogP contribution >= 0.6 is 0 Å². The van der Waals surface area contributed by atoms with Crippen LogP contribution in [0.5, 0.6) is 0 Å². The summed E-state index contributed by atoms with van der Waals surface area (Å²) in [6, 6.07) is 0. The lowest BCUT2D eigenvalue weighted by Crippen LogP contribution is -2.28. The predicted octanol–water partition coefficient (Wildman–Crippen LogP) is 12.8. The molecule has 0 aliphatic rings. The SMILES string of the molecule is CCC=CCC=CCC=CCC=CCC=CCCCCCC(=O)O[C@@H](CO)COC(=O)CCC=CCC=CCC=CCC=CCC=CCCCCC. The molecule has 0 amide bonds. The van der Waals surface area contributed by atoms with Gasteiger partial charge >= 0.3 is 11.9 Å². The van der Waals surface area contributed by atoms with Crippen molar-refractivity contribution >= 4 is 11.9 Å². The molecule has 290 valence electrons. The van der Waals surface area contributed by atoms with Crippen LogP contribution in [-0.4, -0.2) is 36.4 Å². The van der Waals surface area contributed by atoms with E-state index in [-0.39, 0.29) is 31.6 Å². The van der Waals surface area contributed by atoms with Crippen LogP contribution in [0.4, 0.5) is 0 Å². The zero-order chi connectivity index (χ0) is 37.8. The normalized spacial score (nSPS) is 13.5. The third kappa shape index (κ3) is 39.1. The highest BCUT2D eigenvalue weighted by atomic mass is 16.6. The van der Waals surface area contributed by atoms with Crippen molar-refractivity contribution in [3.05, 3.63) is 122 Å². The number of allylic oxidation sites excluding steroid dienone is 20. The van der Waals surface area contributed by atoms with Crippen molar-refractivity contribution in [2.24, 2.45) is 0 Å². The molecule has 52 heavy (non-hydrogen) atoms. The third-order valence-electron chi connectivity index (χ3n) is 7.75. The van der Waals surface area contributed by atoms with Crippen LogP contribution in [0.15, 0.2) is 122 Å². The number of carbonyl (C=O) groups excluding carboxylic acids is 2. The second kappa shape index (κ2) is 41.7. The van der Waals surface area contributed by atoms with Gasteiger partial charge in [0.15, 0.2) is 6.10 Å². The zero-order valence-electron chi connectivity index (χ0n) is 32.8. The van der Waals surface area contributed by atoms with E-state index in [1.807, 2.05) is 12.2 Å². The Balaban J connectivity index is 3.80. The second-order valence-electron chi connectivity index (χ2n) is 12.6. The first-order valence-corrected chi connectivity index (χ1v) is 20.1. The van der Waals surface area contributed by atoms with E-state index in [0.717, 1.165) is 83.5 Å². The Morgan fingerprint density at radius 2 is 0.865 bits per heavy atom. The number of rotatable bonds is 34. The van der Waals surface area contributed by atoms with Crippen LogP contribution in [0.1, 0.15) is 142 Å². The van der Waals surface area contributed by atoms with Gasteiger partial charge in [0.05, 0.1) is 6.61 Å². The van der Waals surface area contributed by atoms with E-state index in [4.69, 9.17) is 9.47 Å². The predicted molar refractivity (Wildman–Crippen MR) is 223 cm³/mol. The van der Waals surface area contributed by atoms with Crippen LogP contribution in [0.2, 0.25) is 0 Å². The van der Waals surface area contributed by atoms with Gasteiger partial charge in [-0.05, 0) is 96.3 Å². The molecule has 0 saturated heterocycles. The molecule has 1 N–H and O–H groups in total. The Kier molecular flexibility index (Phi) is 38.8. The minimum atomic E-state index is -0.828. The van der Waals surface area contributed by atoms with Gasteiger partial charge in [0.25, 0.3) is 0 Å². The lowest BCUT2D eigenvalue weighted by atomic mass is 10.1. The van der Waals surface area contributed by atoms with Gasteiger partial charge in [-0.3, -0.25) is 9.59 Å². The van der Waals surface area contributed by atoms with E-state index in [1.165, 1.54) is 25.7 Å². The molecule has 0 aromatic rings. The summed E-state index contributed by atoms with van der Waals surface area (Å²) >= 11 is 0. The van der Waals surface area contributed by atoms with Crippen molar-refractivity contribution < 1.29 is 24.2 Å². The van der Waals surface area contributed by atoms with Crippen LogP contribution in [-0.2, 0) is 19.1 Å². The highest BCUT2D eigenvalue weighted by Gasteiger charge is 2.15. The van der Waals surface area contributed by atoms with Crippen molar-refractivity contribution in [1.29, 1.82) is 0 Å². The highest BCUT2D eigenvalue weighted by Crippen LogP contribution is 2.08. The molecule has 5 nitrogen and oxygen atoms in total. The van der Waals surface area contributed by atoms with Gasteiger partial charge in [-0.2, -0.15) is 0 Å². The number of ether oxygens (including phenoxy) is 2. The number of hydrogen-bond donors (Lipinski definition) is 1. The van der Waals surface area contributed by atoms with Crippen LogP contribution in [0.3, 0.4) is 0 Å². The number of hydrogen-bond acceptors (Lipinski definition) is 5. The molecule has 0 unspecified atom stereocenters. The summed E-state index contributed by atoms with van der Waals surface area (Å²) in [5.74, 6) is -0.739. The summed E-state index contributed by atoms with van der Waals surface area (Å²) in [6.07, 6.45) is 61.2. The molecule has 0 fully saturated rings. The molecule has 1 atom stereocenters. The minimum absolute atomic E-state index is 0.128. The topological polar surface area (TPSA) is 72.8 Å². The monoisotopic (exact) mass is 717 g/mol. The van der Waals surface area contributed by atoms with Crippen molar-refractivity contribution in [3.8, 4) is 0 Å². The number of aliphatic hydroxyl groups is 1. The van der Waals surface area contributed by atoms with Gasteiger partial charge in [-0.25, -0.2) is 0 Å². The summed E-state index contributed by atoms with van der Waals surface area (Å²) in [6.45, 7) is 3.87. The Morgan fingerprint density at radius 3 is 1.29 bits per heavy atom. The summed E-state index contributed by atoms with van der Waals surface area (Å²) in [5.41, 5.74) is 0. The zero-order valence-corrected chi connectivity index (χ0v) is 32.8. The average molecular weight is 717 g/mol. The third-order valence-corrected chi connectivity index (χ3v) is 7.75. The van der Waals surface area contributed by atoms with E-state index in [1.54, 1.807) is 0 Å². The first-order valence-electron chi connectivity index (χ1n) is 20.1. The second-order valence-corrected chi connectivity index (χ2v) is 12.6. The van der Waals surface area contributed by atoms with Gasteiger partial charge in [0, 0.05) is 12.8 Å². The Labute approximate surface area is 318 Å². The van der Waals surface area contributed by atoms with E-state index in [9.17, 15) is 14.7 Å². The average Bonchev–Trinajstić information content (AvgIpc) is 3.15. The summed E-state index contributed by atoms with van der Waals surface area (Å²) in [4.78, 5) is 24.2. The van der Waals surface area contributed by atoms with E-state index in [0.29, 0.717) is 12.8 Å². The Bertz CT molecular complexity index is 1130. The van der Waals surface area contributed by atoms with Crippen molar-refractivity contribution in [3.63, 3.8) is 0 Å². The lowest BCUT2D eigenvalue weighted by molar-refractivity contribution is -0.161. The maximum absolute atomic E-state index is 12.2. The quantitative estimate of drug-likeness (QED) is 0.0408. The van der Waals surface area contributed by atoms with Crippen LogP contribution < -0.4 is 0 Å². The summed E-state index contributed by atoms with van der Waals surface area (Å²) < 4.78 is 10.5. The molecule has 0 heterocycles. The first kappa shape index (κ1) is 48.3. The standard InChI is InChI=1S/C47H72O5/c1-3-5-7-9-11-13-15-17-19-21-23-25-27-29-31-33-35-37-39-41-46(49)51-44-45(43-48)52-47(50)42-40-38-36-34-32-30-28-26-24-22-20-18-16-14-12-10-8-6-4-2/h6,8,11-14,17-20,23-26,29-32,35,37,45,48H,3-5,7,9-10,15-16,21-22,27-28,33-34,36,38-44H2,1-2H3/t45-/m0/s1. The van der Waals surface area contributed by atoms with Crippen molar-refractivity contribution in [2.75, 3.05) is 13.2 Å². The fourth-order valence-corrected chi connectivity index (χ4v) is 4.74. The fourth-order valence-electron chi connectivity index (χ4n) is 4.74. The van der Waals surface area contributed by atoms with E-state index in [2.05, 4.69) is 123 Å². The lowest BCUT2D eigenvalue weighted by Gasteiger charge is -2.15. The Hall–Kier alpha value is -3.70. The maximum Gasteiger partial charge on any atom is 0.306 e. The molecular weight excluding hydrogens is 645 g/mol. The number of carbonyl (C=O) groups is 2. The molecule has 0 aromatic carbocycles. The fraction of sp³-hybridized carbons (Fsp3) is 0.532. The number of aliphatic hydroxyl groups excluding tert-OH is 1. The number of unbranched alkanes of at least 4 members (excludes halogenated alkanes) is 6. The minimum Gasteiger partial charge on any atom is -0.462 e. The molecule has 0 radical (unpaired) electrons. The summed E-state index contributed by atoms with van der Waals surface area (Å²) in [5, 5.41) is 9.55. The Morgan fingerprint density at radius 1 is 0.462 bits per heavy atom. The molecule has 0 saturated carbocycles. The van der Waals surface area contributed by atoms with E-state index >= 15 is 0 Å². The van der Waals surface area contributed by atoms with Crippen LogP contribution in [0, 0.1) is 0 Å². The maximum atomic E-state index is 12.2. The van der Waals surface area contributed by atoms with Crippen molar-refractivity contribution in [2.45, 2.75) is 148 Å². The molecule has 0 spiro atoms. The van der Waals surface area contributed by atoms with Gasteiger partial charge < -0.3 is 14.6 Å². The summed E-state index contributed by atoms with van der Waals surface area (Å²) in [7, 11) is 0. The molecule has 5 heteroatoms. The van der Waals surface area contributed by atoms with Crippen LogP contribution in [0.25, 0.3) is 0 Å². The van der Waals surface area contributed by atoms with Gasteiger partial charge in [0.1, 0.15) is 6.61 Å². The largest absolute Gasteiger partial charge is 0.462 e. The molecule has 0 aromatic heterocycles. The molecular formula is C47H72O5.